The summed E-state index contributed by atoms with van der Waals surface area (Å²) in [5.74, 6) is 0. The summed E-state index contributed by atoms with van der Waals surface area (Å²) in [7, 11) is 0. The van der Waals surface area contributed by atoms with Crippen LogP contribution in [0.15, 0.2) is 30.7 Å². The summed E-state index contributed by atoms with van der Waals surface area (Å²) >= 11 is 12.0. The monoisotopic (exact) mass is 255 g/mol. The summed E-state index contributed by atoms with van der Waals surface area (Å²) in [5.41, 5.74) is 7.39. The molecule has 1 aromatic carbocycles. The van der Waals surface area contributed by atoms with Gasteiger partial charge in [-0.15, -0.1) is 0 Å². The normalized spacial score (nSPS) is 10.7. The number of hydrogen-bond donors (Lipinski definition) is 1. The van der Waals surface area contributed by atoms with Gasteiger partial charge in [0.2, 0.25) is 0 Å². The minimum Gasteiger partial charge on any atom is -0.329 e. The highest BCUT2D eigenvalue weighted by Crippen LogP contribution is 2.29. The molecule has 0 aliphatic carbocycles. The van der Waals surface area contributed by atoms with Crippen molar-refractivity contribution in [2.24, 2.45) is 5.73 Å². The van der Waals surface area contributed by atoms with Crippen LogP contribution >= 0.6 is 23.2 Å². The van der Waals surface area contributed by atoms with Crippen LogP contribution in [-0.4, -0.2) is 16.1 Å². The molecule has 0 fully saturated rings. The van der Waals surface area contributed by atoms with Crippen LogP contribution in [0.1, 0.15) is 0 Å². The summed E-state index contributed by atoms with van der Waals surface area (Å²) in [6.07, 6.45) is 3.51. The van der Waals surface area contributed by atoms with E-state index in [0.717, 1.165) is 11.3 Å². The first-order valence-electron chi connectivity index (χ1n) is 4.88. The van der Waals surface area contributed by atoms with E-state index in [1.54, 1.807) is 18.6 Å². The van der Waals surface area contributed by atoms with Gasteiger partial charge in [0.15, 0.2) is 0 Å². The van der Waals surface area contributed by atoms with Crippen molar-refractivity contribution in [1.29, 1.82) is 0 Å². The van der Waals surface area contributed by atoms with E-state index in [4.69, 9.17) is 28.9 Å². The molecule has 1 aromatic heterocycles. The number of aromatic nitrogens is 2. The molecule has 0 unspecified atom stereocenters. The second-order valence-corrected chi connectivity index (χ2v) is 4.23. The molecule has 0 spiro atoms. The summed E-state index contributed by atoms with van der Waals surface area (Å²) < 4.78 is 1.97. The standard InChI is InChI=1S/C11H11Cl2N3/c12-8-1-2-9(10(13)5-8)11-6-15-7-16(11)4-3-14/h1-2,5-7H,3-4,14H2. The zero-order valence-corrected chi connectivity index (χ0v) is 10.0. The maximum Gasteiger partial charge on any atom is 0.0951 e. The summed E-state index contributed by atoms with van der Waals surface area (Å²) in [4.78, 5) is 4.10. The van der Waals surface area contributed by atoms with E-state index < -0.39 is 0 Å². The van der Waals surface area contributed by atoms with Crippen LogP contribution in [0.2, 0.25) is 10.0 Å². The minimum atomic E-state index is 0.564. The number of hydrogen-bond acceptors (Lipinski definition) is 2. The van der Waals surface area contributed by atoms with E-state index in [9.17, 15) is 0 Å². The maximum atomic E-state index is 6.14. The first kappa shape index (κ1) is 11.5. The molecule has 0 radical (unpaired) electrons. The van der Waals surface area contributed by atoms with Gasteiger partial charge in [-0.3, -0.25) is 0 Å². The molecule has 1 heterocycles. The fourth-order valence-corrected chi connectivity index (χ4v) is 2.06. The van der Waals surface area contributed by atoms with E-state index in [1.165, 1.54) is 0 Å². The van der Waals surface area contributed by atoms with Crippen molar-refractivity contribution in [2.45, 2.75) is 6.54 Å². The molecule has 0 saturated heterocycles. The van der Waals surface area contributed by atoms with Gasteiger partial charge in [-0.1, -0.05) is 23.2 Å². The summed E-state index contributed by atoms with van der Waals surface area (Å²) in [6, 6.07) is 5.41. The third kappa shape index (κ3) is 2.21. The molecule has 16 heavy (non-hydrogen) atoms. The van der Waals surface area contributed by atoms with Crippen molar-refractivity contribution >= 4 is 23.2 Å². The van der Waals surface area contributed by atoms with Crippen LogP contribution in [0.4, 0.5) is 0 Å². The zero-order valence-electron chi connectivity index (χ0n) is 8.53. The summed E-state index contributed by atoms with van der Waals surface area (Å²) in [5, 5.41) is 1.24. The Morgan fingerprint density at radius 3 is 2.81 bits per heavy atom. The van der Waals surface area contributed by atoms with Gasteiger partial charge in [0, 0.05) is 23.7 Å². The van der Waals surface area contributed by atoms with Crippen LogP contribution in [0, 0.1) is 0 Å². The van der Waals surface area contributed by atoms with Crippen molar-refractivity contribution in [3.63, 3.8) is 0 Å². The largest absolute Gasteiger partial charge is 0.329 e. The van der Waals surface area contributed by atoms with Crippen LogP contribution in [-0.2, 0) is 6.54 Å². The van der Waals surface area contributed by atoms with E-state index in [0.29, 0.717) is 23.1 Å². The highest BCUT2D eigenvalue weighted by atomic mass is 35.5. The first-order valence-corrected chi connectivity index (χ1v) is 5.63. The minimum absolute atomic E-state index is 0.564. The topological polar surface area (TPSA) is 43.8 Å². The van der Waals surface area contributed by atoms with E-state index >= 15 is 0 Å². The molecule has 2 aromatic rings. The number of rotatable bonds is 3. The number of nitrogens with zero attached hydrogens (tertiary/aromatic N) is 2. The fraction of sp³-hybridized carbons (Fsp3) is 0.182. The van der Waals surface area contributed by atoms with E-state index in [1.807, 2.05) is 16.7 Å². The van der Waals surface area contributed by atoms with E-state index in [-0.39, 0.29) is 0 Å². The Kier molecular flexibility index (Phi) is 3.49. The third-order valence-corrected chi connectivity index (χ3v) is 2.84. The Morgan fingerprint density at radius 1 is 1.31 bits per heavy atom. The number of benzene rings is 1. The Bertz CT molecular complexity index is 494. The predicted molar refractivity (Wildman–Crippen MR) is 66.7 cm³/mol. The smallest absolute Gasteiger partial charge is 0.0951 e. The van der Waals surface area contributed by atoms with Gasteiger partial charge < -0.3 is 10.3 Å². The Morgan fingerprint density at radius 2 is 2.12 bits per heavy atom. The quantitative estimate of drug-likeness (QED) is 0.917. The van der Waals surface area contributed by atoms with Crippen molar-refractivity contribution in [3.05, 3.63) is 40.8 Å². The van der Waals surface area contributed by atoms with Gasteiger partial charge in [0.25, 0.3) is 0 Å². The molecule has 0 bridgehead atoms. The van der Waals surface area contributed by atoms with E-state index in [2.05, 4.69) is 4.98 Å². The molecule has 84 valence electrons. The molecule has 5 heteroatoms. The molecule has 0 aliphatic rings. The Balaban J connectivity index is 2.46. The van der Waals surface area contributed by atoms with Crippen molar-refractivity contribution in [2.75, 3.05) is 6.54 Å². The Hall–Kier alpha value is -1.03. The Labute approximate surface area is 104 Å². The van der Waals surface area contributed by atoms with Gasteiger partial charge in [-0.05, 0) is 18.2 Å². The van der Waals surface area contributed by atoms with Gasteiger partial charge in [0.05, 0.1) is 23.2 Å². The lowest BCUT2D eigenvalue weighted by molar-refractivity contribution is 0.714. The van der Waals surface area contributed by atoms with Gasteiger partial charge in [0.1, 0.15) is 0 Å². The summed E-state index contributed by atoms with van der Waals surface area (Å²) in [6.45, 7) is 1.28. The van der Waals surface area contributed by atoms with Crippen LogP contribution < -0.4 is 5.73 Å². The number of halogens is 2. The molecule has 2 N–H and O–H groups in total. The maximum absolute atomic E-state index is 6.14. The number of imidazole rings is 1. The lowest BCUT2D eigenvalue weighted by atomic mass is 10.1. The average molecular weight is 256 g/mol. The van der Waals surface area contributed by atoms with Crippen LogP contribution in [0.3, 0.4) is 0 Å². The highest BCUT2D eigenvalue weighted by molar-refractivity contribution is 6.36. The van der Waals surface area contributed by atoms with Gasteiger partial charge >= 0.3 is 0 Å². The molecule has 0 atom stereocenters. The second-order valence-electron chi connectivity index (χ2n) is 3.39. The third-order valence-electron chi connectivity index (χ3n) is 2.29. The fourth-order valence-electron chi connectivity index (χ4n) is 1.56. The molecule has 0 amide bonds. The molecular formula is C11H11Cl2N3. The predicted octanol–water partition coefficient (Wildman–Crippen LogP) is 2.82. The molecular weight excluding hydrogens is 245 g/mol. The molecule has 2 rings (SSSR count). The molecule has 0 saturated carbocycles. The SMILES string of the molecule is NCCn1cncc1-c1ccc(Cl)cc1Cl. The lowest BCUT2D eigenvalue weighted by Crippen LogP contribution is -2.09. The molecule has 3 nitrogen and oxygen atoms in total. The van der Waals surface area contributed by atoms with Crippen LogP contribution in [0.5, 0.6) is 0 Å². The first-order chi connectivity index (χ1) is 7.72. The van der Waals surface area contributed by atoms with Crippen LogP contribution in [0.25, 0.3) is 11.3 Å². The lowest BCUT2D eigenvalue weighted by Gasteiger charge is -2.08. The van der Waals surface area contributed by atoms with Crippen molar-refractivity contribution in [1.82, 2.24) is 9.55 Å². The molecule has 0 aliphatic heterocycles. The highest BCUT2D eigenvalue weighted by Gasteiger charge is 2.08. The van der Waals surface area contributed by atoms with Gasteiger partial charge in [-0.25, -0.2) is 4.98 Å². The average Bonchev–Trinajstić information content (AvgIpc) is 2.67. The van der Waals surface area contributed by atoms with Crippen molar-refractivity contribution in [3.8, 4) is 11.3 Å². The number of nitrogens with two attached hydrogens (primary N) is 1. The van der Waals surface area contributed by atoms with Crippen molar-refractivity contribution < 1.29 is 0 Å². The second kappa shape index (κ2) is 4.87. The zero-order chi connectivity index (χ0) is 11.5. The van der Waals surface area contributed by atoms with Gasteiger partial charge in [-0.2, -0.15) is 0 Å².